The molecule has 0 nitrogen and oxygen atoms in total. The van der Waals surface area contributed by atoms with Gasteiger partial charge in [0, 0.05) is 120 Å². The smallest absolute Gasteiger partial charge is 0 e. The summed E-state index contributed by atoms with van der Waals surface area (Å²) < 4.78 is 0. The minimum atomic E-state index is 0. The molecule has 0 saturated heterocycles. The van der Waals surface area contributed by atoms with E-state index < -0.39 is 0 Å². The molecule has 0 spiro atoms. The van der Waals surface area contributed by atoms with Gasteiger partial charge in [-0.25, -0.2) is 0 Å². The van der Waals surface area contributed by atoms with Crippen molar-refractivity contribution in [3.05, 3.63) is 0 Å². The molecule has 0 aromatic heterocycles. The van der Waals surface area contributed by atoms with Crippen molar-refractivity contribution in [3.8, 4) is 0 Å². The summed E-state index contributed by atoms with van der Waals surface area (Å²) in [5.74, 6) is 0. The van der Waals surface area contributed by atoms with E-state index in [1.165, 1.54) is 0 Å². The zero-order valence-corrected chi connectivity index (χ0v) is 11.3. The summed E-state index contributed by atoms with van der Waals surface area (Å²) in [7, 11) is 0. The maximum atomic E-state index is 0. The predicted molar refractivity (Wildman–Crippen MR) is 0 cm³/mol. The van der Waals surface area contributed by atoms with E-state index in [0.717, 1.165) is 0 Å². The summed E-state index contributed by atoms with van der Waals surface area (Å²) in [5.41, 5.74) is 0. The Balaban J connectivity index is 0. The van der Waals surface area contributed by atoms with E-state index in [1.54, 1.807) is 0 Å². The predicted octanol–water partition coefficient (Wildman–Crippen LogP) is -0.0150. The molecule has 0 aliphatic heterocycles. The van der Waals surface area contributed by atoms with Crippen molar-refractivity contribution in [1.82, 2.24) is 0 Å². The van der Waals surface area contributed by atoms with Gasteiger partial charge in [0.05, 0.1) is 0 Å². The quantitative estimate of drug-likeness (QED) is 0.309. The fraction of sp³-hybridized carbons (Fsp3) is 0. The molecule has 0 rings (SSSR count). The van der Waals surface area contributed by atoms with Crippen LogP contribution in [0, 0.1) is 0 Å². The third-order valence-electron chi connectivity index (χ3n) is 0. The molecule has 0 heterocycles. The maximum absolute atomic E-state index is 0. The second kappa shape index (κ2) is 36.8. The van der Waals surface area contributed by atoms with Crippen LogP contribution in [0.5, 0.6) is 0 Å². The van der Waals surface area contributed by atoms with Crippen molar-refractivity contribution in [3.63, 3.8) is 0 Å². The molecule has 0 aromatic carbocycles. The van der Waals surface area contributed by atoms with Crippen LogP contribution in [0.4, 0.5) is 0 Å². The maximum Gasteiger partial charge on any atom is 0 e. The van der Waals surface area contributed by atoms with Crippen molar-refractivity contribution in [2.75, 3.05) is 0 Å². The van der Waals surface area contributed by atoms with Crippen LogP contribution < -0.4 is 0 Å². The summed E-state index contributed by atoms with van der Waals surface area (Å²) >= 11 is 0. The molecule has 6 heavy (non-hydrogen) atoms. The molecule has 0 aromatic rings. The van der Waals surface area contributed by atoms with Crippen LogP contribution in [-0.2, 0) is 120 Å². The van der Waals surface area contributed by atoms with Crippen LogP contribution in [-0.4, -0.2) is 0 Å². The molecule has 0 aliphatic rings. The monoisotopic (exact) mass is 726 g/mol. The van der Waals surface area contributed by atoms with E-state index in [9.17, 15) is 0 Å². The summed E-state index contributed by atoms with van der Waals surface area (Å²) in [6.07, 6.45) is 0. The second-order valence-corrected chi connectivity index (χ2v) is 0. The van der Waals surface area contributed by atoms with E-state index in [0.29, 0.717) is 0 Å². The first-order valence-electron chi connectivity index (χ1n) is 0. The Kier molecular flexibility index (Phi) is 320. The summed E-state index contributed by atoms with van der Waals surface area (Å²) in [6, 6.07) is 0. The molecule has 0 N–H and O–H groups in total. The molecule has 0 unspecified atom stereocenters. The third kappa shape index (κ3) is 24.9. The normalized spacial score (nSPS) is 0. The fourth-order valence-corrected chi connectivity index (χ4v) is 0. The average molecular weight is 729 g/mol. The van der Waals surface area contributed by atoms with Gasteiger partial charge in [0.25, 0.3) is 0 Å². The first kappa shape index (κ1) is 52.1. The van der Waals surface area contributed by atoms with Gasteiger partial charge in [0.1, 0.15) is 0 Å². The van der Waals surface area contributed by atoms with Crippen molar-refractivity contribution in [2.24, 2.45) is 0 Å². The molecule has 6 heteroatoms. The minimum Gasteiger partial charge on any atom is 0 e. The van der Waals surface area contributed by atoms with Gasteiger partial charge in [-0.1, -0.05) is 0 Å². The van der Waals surface area contributed by atoms with Gasteiger partial charge < -0.3 is 0 Å². The Morgan fingerprint density at radius 3 is 1.00 bits per heavy atom. The molecule has 0 bridgehead atoms. The zero-order valence-electron chi connectivity index (χ0n) is 1.85. The molecule has 0 aliphatic carbocycles. The van der Waals surface area contributed by atoms with Crippen molar-refractivity contribution in [1.29, 1.82) is 0 Å². The molecule has 0 saturated carbocycles. The second-order valence-electron chi connectivity index (χ2n) is 0. The summed E-state index contributed by atoms with van der Waals surface area (Å²) in [6.45, 7) is 0. The zero-order chi connectivity index (χ0) is 0. The van der Waals surface area contributed by atoms with E-state index in [1.807, 2.05) is 0 Å². The van der Waals surface area contributed by atoms with Crippen LogP contribution in [0.1, 0.15) is 0 Å². The van der Waals surface area contributed by atoms with Gasteiger partial charge >= 0.3 is 0 Å². The molecular formula is AgAuCuNiPdPt. The third-order valence-corrected chi connectivity index (χ3v) is 0. The Morgan fingerprint density at radius 2 is 1.00 bits per heavy atom. The molecule has 0 amide bonds. The van der Waals surface area contributed by atoms with Gasteiger partial charge in [-0.05, 0) is 0 Å². The Bertz CT molecular complexity index is 15.5. The van der Waals surface area contributed by atoms with Crippen LogP contribution in [0.15, 0.2) is 0 Å². The van der Waals surface area contributed by atoms with Crippen molar-refractivity contribution in [2.45, 2.75) is 0 Å². The molecular weight excluding hydrogens is 729 g/mol. The SMILES string of the molecule is [Ag].[Au].[Cu].[Ni].[Pd].[Pt]. The number of hydrogen-bond donors (Lipinski definition) is 0. The fourth-order valence-electron chi connectivity index (χ4n) is 0. The largest absolute Gasteiger partial charge is 0 e. The number of rotatable bonds is 0. The van der Waals surface area contributed by atoms with E-state index in [-0.39, 0.29) is 120 Å². The molecule has 63 valence electrons. The van der Waals surface area contributed by atoms with E-state index in [2.05, 4.69) is 0 Å². The van der Waals surface area contributed by atoms with Crippen molar-refractivity contribution < 1.29 is 120 Å². The minimum absolute atomic E-state index is 0. The Morgan fingerprint density at radius 1 is 1.00 bits per heavy atom. The van der Waals surface area contributed by atoms with Gasteiger partial charge in [0.2, 0.25) is 0 Å². The van der Waals surface area contributed by atoms with Gasteiger partial charge in [-0.3, -0.25) is 0 Å². The first-order valence-corrected chi connectivity index (χ1v) is 0. The summed E-state index contributed by atoms with van der Waals surface area (Å²) in [5, 5.41) is 0. The van der Waals surface area contributed by atoms with E-state index in [4.69, 9.17) is 0 Å². The van der Waals surface area contributed by atoms with Gasteiger partial charge in [0.15, 0.2) is 0 Å². The Hall–Kier alpha value is 3.84. The standard InChI is InChI=1S/Ag.Au.Cu.Ni.Pd.Pt. The van der Waals surface area contributed by atoms with Crippen molar-refractivity contribution >= 4 is 0 Å². The van der Waals surface area contributed by atoms with Crippen LogP contribution in [0.2, 0.25) is 0 Å². The van der Waals surface area contributed by atoms with Crippen LogP contribution in [0.3, 0.4) is 0 Å². The van der Waals surface area contributed by atoms with Gasteiger partial charge in [-0.2, -0.15) is 0 Å². The van der Waals surface area contributed by atoms with Crippen LogP contribution in [0.25, 0.3) is 0 Å². The van der Waals surface area contributed by atoms with Crippen LogP contribution >= 0.6 is 0 Å². The number of hydrogen-bond acceptors (Lipinski definition) is 0. The summed E-state index contributed by atoms with van der Waals surface area (Å²) in [4.78, 5) is 0. The molecule has 0 atom stereocenters. The molecule has 0 fully saturated rings. The average Bonchev–Trinajstić information content (AvgIpc) is 0. The van der Waals surface area contributed by atoms with Gasteiger partial charge in [-0.15, -0.1) is 0 Å². The Labute approximate surface area is 117 Å². The molecule has 3 radical (unpaired) electrons. The van der Waals surface area contributed by atoms with E-state index >= 15 is 0 Å². The topological polar surface area (TPSA) is 0 Å². The first-order chi connectivity index (χ1) is 0.